The summed E-state index contributed by atoms with van der Waals surface area (Å²) in [5, 5.41) is 8.72. The van der Waals surface area contributed by atoms with Gasteiger partial charge in [-0.2, -0.15) is 8.78 Å². The third-order valence-corrected chi connectivity index (χ3v) is 2.52. The zero-order valence-corrected chi connectivity index (χ0v) is 10.0. The van der Waals surface area contributed by atoms with Gasteiger partial charge in [-0.15, -0.1) is 0 Å². The Labute approximate surface area is 103 Å². The number of carboxylic acids is 1. The number of hydrogen-bond acceptors (Lipinski definition) is 2. The van der Waals surface area contributed by atoms with Crippen LogP contribution in [0.4, 0.5) is 13.2 Å². The first-order valence-corrected chi connectivity index (χ1v) is 5.60. The minimum Gasteiger partial charge on any atom is -0.481 e. The van der Waals surface area contributed by atoms with E-state index in [2.05, 4.69) is 20.7 Å². The second-order valence-electron chi connectivity index (χ2n) is 3.13. The zero-order chi connectivity index (χ0) is 13.0. The zero-order valence-electron chi connectivity index (χ0n) is 8.42. The SMILES string of the molecule is O=C(O)Cc1cc(OC(F)F)cc(F)c1CBr. The maximum atomic E-state index is 13.5. The van der Waals surface area contributed by atoms with E-state index in [4.69, 9.17) is 5.11 Å². The van der Waals surface area contributed by atoms with E-state index in [0.29, 0.717) is 0 Å². The van der Waals surface area contributed by atoms with Crippen molar-refractivity contribution >= 4 is 21.9 Å². The van der Waals surface area contributed by atoms with E-state index in [0.717, 1.165) is 12.1 Å². The quantitative estimate of drug-likeness (QED) is 0.850. The molecule has 17 heavy (non-hydrogen) atoms. The van der Waals surface area contributed by atoms with Gasteiger partial charge in [-0.25, -0.2) is 4.39 Å². The third-order valence-electron chi connectivity index (χ3n) is 1.96. The van der Waals surface area contributed by atoms with Crippen molar-refractivity contribution < 1.29 is 27.8 Å². The average Bonchev–Trinajstić information content (AvgIpc) is 2.14. The number of rotatable bonds is 5. The van der Waals surface area contributed by atoms with Gasteiger partial charge in [0.15, 0.2) is 0 Å². The smallest absolute Gasteiger partial charge is 0.387 e. The number of carbonyl (C=O) groups is 1. The largest absolute Gasteiger partial charge is 0.481 e. The van der Waals surface area contributed by atoms with E-state index in [-0.39, 0.29) is 16.5 Å². The molecule has 0 aliphatic carbocycles. The first-order chi connectivity index (χ1) is 7.93. The highest BCUT2D eigenvalue weighted by atomic mass is 79.9. The summed E-state index contributed by atoms with van der Waals surface area (Å²) < 4.78 is 41.4. The summed E-state index contributed by atoms with van der Waals surface area (Å²) in [5.74, 6) is -2.35. The Morgan fingerprint density at radius 1 is 1.47 bits per heavy atom. The summed E-state index contributed by atoms with van der Waals surface area (Å²) in [5.41, 5.74) is 0.221. The molecule has 0 atom stereocenters. The molecule has 1 aromatic rings. The Morgan fingerprint density at radius 3 is 2.59 bits per heavy atom. The Kier molecular flexibility index (Phi) is 4.80. The standard InChI is InChI=1S/C10H8BrF3O3/c11-4-7-5(2-9(15)16)1-6(3-8(7)12)17-10(13)14/h1,3,10H,2,4H2,(H,15,16). The van der Waals surface area contributed by atoms with Crippen molar-refractivity contribution in [3.63, 3.8) is 0 Å². The fourth-order valence-electron chi connectivity index (χ4n) is 1.31. The van der Waals surface area contributed by atoms with Crippen molar-refractivity contribution in [1.29, 1.82) is 0 Å². The molecule has 3 nitrogen and oxygen atoms in total. The molecule has 1 rings (SSSR count). The molecule has 0 aliphatic heterocycles. The van der Waals surface area contributed by atoms with E-state index >= 15 is 0 Å². The predicted octanol–water partition coefficient (Wildman–Crippen LogP) is 2.95. The van der Waals surface area contributed by atoms with Crippen LogP contribution in [0.1, 0.15) is 11.1 Å². The van der Waals surface area contributed by atoms with E-state index in [1.807, 2.05) is 0 Å². The summed E-state index contributed by atoms with van der Waals surface area (Å²) in [6.45, 7) is -3.08. The van der Waals surface area contributed by atoms with Crippen LogP contribution in [0.15, 0.2) is 12.1 Å². The number of carboxylic acid groups (broad SMARTS) is 1. The van der Waals surface area contributed by atoms with Crippen LogP contribution in [0.3, 0.4) is 0 Å². The fourth-order valence-corrected chi connectivity index (χ4v) is 1.94. The Balaban J connectivity index is 3.13. The molecule has 0 spiro atoms. The molecule has 0 amide bonds. The van der Waals surface area contributed by atoms with Crippen LogP contribution in [0.5, 0.6) is 5.75 Å². The Hall–Kier alpha value is -1.24. The molecule has 0 saturated carbocycles. The number of alkyl halides is 3. The Bertz CT molecular complexity index is 424. The topological polar surface area (TPSA) is 46.5 Å². The van der Waals surface area contributed by atoms with E-state index in [1.54, 1.807) is 0 Å². The Morgan fingerprint density at radius 2 is 2.12 bits per heavy atom. The van der Waals surface area contributed by atoms with Crippen molar-refractivity contribution in [3.8, 4) is 5.75 Å². The molecule has 0 aromatic heterocycles. The van der Waals surface area contributed by atoms with Gasteiger partial charge in [0.25, 0.3) is 0 Å². The lowest BCUT2D eigenvalue weighted by molar-refractivity contribution is -0.136. The molecule has 0 fully saturated rings. The highest BCUT2D eigenvalue weighted by molar-refractivity contribution is 9.08. The molecule has 0 bridgehead atoms. The molecule has 1 aromatic carbocycles. The van der Waals surface area contributed by atoms with Crippen LogP contribution < -0.4 is 4.74 Å². The van der Waals surface area contributed by atoms with Gasteiger partial charge >= 0.3 is 12.6 Å². The van der Waals surface area contributed by atoms with Crippen molar-refractivity contribution in [2.24, 2.45) is 0 Å². The normalized spacial score (nSPS) is 10.6. The van der Waals surface area contributed by atoms with Gasteiger partial charge in [-0.3, -0.25) is 4.79 Å². The molecule has 7 heteroatoms. The highest BCUT2D eigenvalue weighted by Gasteiger charge is 2.15. The summed E-state index contributed by atoms with van der Waals surface area (Å²) in [6.07, 6.45) is -0.460. The van der Waals surface area contributed by atoms with Gasteiger partial charge in [0.05, 0.1) is 6.42 Å². The lowest BCUT2D eigenvalue weighted by Gasteiger charge is -2.10. The molecule has 0 heterocycles. The van der Waals surface area contributed by atoms with E-state index in [9.17, 15) is 18.0 Å². The van der Waals surface area contributed by atoms with Crippen LogP contribution in [0.2, 0.25) is 0 Å². The lowest BCUT2D eigenvalue weighted by Crippen LogP contribution is -2.08. The van der Waals surface area contributed by atoms with E-state index in [1.165, 1.54) is 0 Å². The average molecular weight is 313 g/mol. The van der Waals surface area contributed by atoms with Gasteiger partial charge in [-0.05, 0) is 11.6 Å². The minimum absolute atomic E-state index is 0.0937. The van der Waals surface area contributed by atoms with E-state index < -0.39 is 30.6 Å². The third kappa shape index (κ3) is 3.92. The molecule has 1 N–H and O–H groups in total. The summed E-state index contributed by atoms with van der Waals surface area (Å²) >= 11 is 3.00. The number of hydrogen-bond donors (Lipinski definition) is 1. The van der Waals surface area contributed by atoms with Gasteiger partial charge < -0.3 is 9.84 Å². The minimum atomic E-state index is -3.08. The fraction of sp³-hybridized carbons (Fsp3) is 0.300. The summed E-state index contributed by atoms with van der Waals surface area (Å²) in [4.78, 5) is 10.6. The highest BCUT2D eigenvalue weighted by Crippen LogP contribution is 2.25. The van der Waals surface area contributed by atoms with Crippen LogP contribution in [-0.4, -0.2) is 17.7 Å². The number of benzene rings is 1. The van der Waals surface area contributed by atoms with Crippen molar-refractivity contribution in [2.45, 2.75) is 18.4 Å². The first-order valence-electron chi connectivity index (χ1n) is 4.48. The number of ether oxygens (including phenoxy) is 1. The van der Waals surface area contributed by atoms with Crippen molar-refractivity contribution in [2.75, 3.05) is 0 Å². The van der Waals surface area contributed by atoms with Gasteiger partial charge in [-0.1, -0.05) is 15.9 Å². The summed E-state index contributed by atoms with van der Waals surface area (Å²) in [7, 11) is 0. The van der Waals surface area contributed by atoms with Crippen molar-refractivity contribution in [3.05, 3.63) is 29.1 Å². The summed E-state index contributed by atoms with van der Waals surface area (Å²) in [6, 6.07) is 1.90. The van der Waals surface area contributed by atoms with Gasteiger partial charge in [0.1, 0.15) is 11.6 Å². The monoisotopic (exact) mass is 312 g/mol. The molecule has 0 saturated heterocycles. The predicted molar refractivity (Wildman–Crippen MR) is 57.0 cm³/mol. The van der Waals surface area contributed by atoms with Crippen molar-refractivity contribution in [1.82, 2.24) is 0 Å². The lowest BCUT2D eigenvalue weighted by atomic mass is 10.0. The number of aliphatic carboxylic acids is 1. The van der Waals surface area contributed by atoms with Gasteiger partial charge in [0.2, 0.25) is 0 Å². The molecule has 94 valence electrons. The molecular weight excluding hydrogens is 305 g/mol. The van der Waals surface area contributed by atoms with Crippen LogP contribution in [-0.2, 0) is 16.5 Å². The maximum Gasteiger partial charge on any atom is 0.387 e. The van der Waals surface area contributed by atoms with Gasteiger partial charge in [0, 0.05) is 17.0 Å². The van der Waals surface area contributed by atoms with Crippen LogP contribution in [0.25, 0.3) is 0 Å². The second kappa shape index (κ2) is 5.90. The van der Waals surface area contributed by atoms with Crippen LogP contribution in [0, 0.1) is 5.82 Å². The van der Waals surface area contributed by atoms with Crippen LogP contribution >= 0.6 is 15.9 Å². The molecule has 0 radical (unpaired) electrons. The molecule has 0 unspecified atom stereocenters. The first kappa shape index (κ1) is 13.8. The molecular formula is C10H8BrF3O3. The molecule has 0 aliphatic rings. The second-order valence-corrected chi connectivity index (χ2v) is 3.69. The maximum absolute atomic E-state index is 13.5. The number of halogens is 4.